The topological polar surface area (TPSA) is 71.1 Å². The molecule has 0 atom stereocenters. The Morgan fingerprint density at radius 3 is 2.73 bits per heavy atom. The zero-order valence-corrected chi connectivity index (χ0v) is 13.1. The Morgan fingerprint density at radius 2 is 2.14 bits per heavy atom. The van der Waals surface area contributed by atoms with Crippen LogP contribution in [-0.4, -0.2) is 62.6 Å². The zero-order valence-electron chi connectivity index (χ0n) is 13.1. The van der Waals surface area contributed by atoms with Crippen molar-refractivity contribution in [3.8, 4) is 11.5 Å². The Bertz CT molecular complexity index is 562. The molecule has 0 aromatic heterocycles. The number of carbonyl (C=O) groups is 2. The van der Waals surface area contributed by atoms with Gasteiger partial charge < -0.3 is 14.8 Å². The van der Waals surface area contributed by atoms with Crippen molar-refractivity contribution in [2.24, 2.45) is 0 Å². The lowest BCUT2D eigenvalue weighted by atomic mass is 10.1. The van der Waals surface area contributed by atoms with Gasteiger partial charge in [-0.1, -0.05) is 12.1 Å². The maximum absolute atomic E-state index is 12.1. The maximum atomic E-state index is 12.1. The van der Waals surface area contributed by atoms with Crippen molar-refractivity contribution in [1.29, 1.82) is 0 Å². The minimum Gasteiger partial charge on any atom is -0.493 e. The first-order valence-electron chi connectivity index (χ1n) is 7.03. The normalized spacial score (nSPS) is 14.2. The van der Waals surface area contributed by atoms with Crippen molar-refractivity contribution in [3.63, 3.8) is 0 Å². The van der Waals surface area contributed by atoms with E-state index >= 15 is 0 Å². The molecular formula is C15H21N3O4. The van der Waals surface area contributed by atoms with Gasteiger partial charge in [0.15, 0.2) is 11.5 Å². The van der Waals surface area contributed by atoms with Crippen LogP contribution in [0.15, 0.2) is 18.2 Å². The smallest absolute Gasteiger partial charge is 0.324 e. The molecule has 2 rings (SSSR count). The molecule has 0 unspecified atom stereocenters. The van der Waals surface area contributed by atoms with E-state index in [4.69, 9.17) is 9.47 Å². The van der Waals surface area contributed by atoms with Gasteiger partial charge >= 0.3 is 6.03 Å². The molecule has 120 valence electrons. The van der Waals surface area contributed by atoms with Crippen LogP contribution in [0.3, 0.4) is 0 Å². The molecule has 3 amide bonds. The fourth-order valence-corrected chi connectivity index (χ4v) is 2.45. The summed E-state index contributed by atoms with van der Waals surface area (Å²) < 4.78 is 10.6. The molecule has 1 heterocycles. The molecule has 22 heavy (non-hydrogen) atoms. The summed E-state index contributed by atoms with van der Waals surface area (Å²) in [6.07, 6.45) is 0. The summed E-state index contributed by atoms with van der Waals surface area (Å²) in [5.41, 5.74) is 0.919. The average Bonchev–Trinajstić information content (AvgIpc) is 2.93. The van der Waals surface area contributed by atoms with E-state index in [2.05, 4.69) is 5.32 Å². The van der Waals surface area contributed by atoms with Crippen LogP contribution in [0.5, 0.6) is 11.5 Å². The summed E-state index contributed by atoms with van der Waals surface area (Å²) in [4.78, 5) is 26.7. The zero-order chi connectivity index (χ0) is 16.1. The van der Waals surface area contributed by atoms with E-state index in [0.29, 0.717) is 31.1 Å². The highest BCUT2D eigenvalue weighted by atomic mass is 16.5. The standard InChI is InChI=1S/C15H21N3O4/c1-17(10-13(19)18-8-7-16-15(18)20)9-11-5-4-6-12(21-2)14(11)22-3/h4-6H,7-10H2,1-3H3,(H,16,20). The molecule has 1 aliphatic rings. The number of para-hydroxylation sites is 1. The van der Waals surface area contributed by atoms with Crippen LogP contribution in [-0.2, 0) is 11.3 Å². The Morgan fingerprint density at radius 1 is 1.36 bits per heavy atom. The fraction of sp³-hybridized carbons (Fsp3) is 0.467. The molecular weight excluding hydrogens is 286 g/mol. The third-order valence-corrected chi connectivity index (χ3v) is 3.49. The van der Waals surface area contributed by atoms with Crippen LogP contribution in [0.25, 0.3) is 0 Å². The van der Waals surface area contributed by atoms with Crippen molar-refractivity contribution >= 4 is 11.9 Å². The van der Waals surface area contributed by atoms with Crippen molar-refractivity contribution in [2.75, 3.05) is 40.9 Å². The largest absolute Gasteiger partial charge is 0.493 e. The number of rotatable bonds is 6. The fourth-order valence-electron chi connectivity index (χ4n) is 2.45. The second kappa shape index (κ2) is 7.13. The number of likely N-dealkylation sites (N-methyl/N-ethyl adjacent to an activating group) is 1. The number of amides is 3. The van der Waals surface area contributed by atoms with E-state index in [9.17, 15) is 9.59 Å². The van der Waals surface area contributed by atoms with Crippen LogP contribution in [0.2, 0.25) is 0 Å². The van der Waals surface area contributed by atoms with Gasteiger partial charge in [-0.2, -0.15) is 0 Å². The Kier molecular flexibility index (Phi) is 5.21. The molecule has 0 radical (unpaired) electrons. The molecule has 7 nitrogen and oxygen atoms in total. The average molecular weight is 307 g/mol. The van der Waals surface area contributed by atoms with Crippen molar-refractivity contribution < 1.29 is 19.1 Å². The highest BCUT2D eigenvalue weighted by molar-refractivity contribution is 5.96. The molecule has 1 aromatic rings. The molecule has 0 aliphatic carbocycles. The summed E-state index contributed by atoms with van der Waals surface area (Å²) in [5.74, 6) is 1.10. The van der Waals surface area contributed by atoms with E-state index < -0.39 is 0 Å². The summed E-state index contributed by atoms with van der Waals surface area (Å²) in [7, 11) is 4.99. The number of nitrogens with zero attached hydrogens (tertiary/aromatic N) is 2. The number of benzene rings is 1. The predicted molar refractivity (Wildman–Crippen MR) is 81.0 cm³/mol. The van der Waals surface area contributed by atoms with Crippen LogP contribution >= 0.6 is 0 Å². The minimum atomic E-state index is -0.322. The van der Waals surface area contributed by atoms with Gasteiger partial charge in [-0.15, -0.1) is 0 Å². The minimum absolute atomic E-state index is 0.161. The number of hydrogen-bond donors (Lipinski definition) is 1. The van der Waals surface area contributed by atoms with Gasteiger partial charge in [0.05, 0.1) is 20.8 Å². The predicted octanol–water partition coefficient (Wildman–Crippen LogP) is 0.687. The third kappa shape index (κ3) is 3.48. The number of methoxy groups -OCH3 is 2. The quantitative estimate of drug-likeness (QED) is 0.837. The first-order valence-corrected chi connectivity index (χ1v) is 7.03. The third-order valence-electron chi connectivity index (χ3n) is 3.49. The molecule has 0 bridgehead atoms. The van der Waals surface area contributed by atoms with E-state index in [1.807, 2.05) is 30.1 Å². The highest BCUT2D eigenvalue weighted by Gasteiger charge is 2.26. The van der Waals surface area contributed by atoms with Crippen molar-refractivity contribution in [2.45, 2.75) is 6.54 Å². The first kappa shape index (κ1) is 16.1. The number of ether oxygens (including phenoxy) is 2. The lowest BCUT2D eigenvalue weighted by Crippen LogP contribution is -2.40. The molecule has 1 aliphatic heterocycles. The summed E-state index contributed by atoms with van der Waals surface area (Å²) in [6.45, 7) is 1.61. The van der Waals surface area contributed by atoms with Gasteiger partial charge in [-0.05, 0) is 13.1 Å². The number of imide groups is 1. The first-order chi connectivity index (χ1) is 10.6. The van der Waals surface area contributed by atoms with E-state index in [1.54, 1.807) is 14.2 Å². The number of carbonyl (C=O) groups excluding carboxylic acids is 2. The van der Waals surface area contributed by atoms with Crippen molar-refractivity contribution in [1.82, 2.24) is 15.1 Å². The maximum Gasteiger partial charge on any atom is 0.324 e. The monoisotopic (exact) mass is 307 g/mol. The van der Waals surface area contributed by atoms with Crippen LogP contribution in [0.4, 0.5) is 4.79 Å². The summed E-state index contributed by atoms with van der Waals surface area (Å²) in [5, 5.41) is 2.62. The van der Waals surface area contributed by atoms with E-state index in [-0.39, 0.29) is 18.5 Å². The van der Waals surface area contributed by atoms with Crippen LogP contribution < -0.4 is 14.8 Å². The van der Waals surface area contributed by atoms with Gasteiger partial charge in [0.2, 0.25) is 5.91 Å². The number of nitrogens with one attached hydrogen (secondary N) is 1. The number of hydrogen-bond acceptors (Lipinski definition) is 5. The van der Waals surface area contributed by atoms with Gasteiger partial charge in [-0.3, -0.25) is 14.6 Å². The van der Waals surface area contributed by atoms with E-state index in [1.165, 1.54) is 4.90 Å². The van der Waals surface area contributed by atoms with Crippen molar-refractivity contribution in [3.05, 3.63) is 23.8 Å². The molecule has 0 saturated carbocycles. The SMILES string of the molecule is COc1cccc(CN(C)CC(=O)N2CCNC2=O)c1OC. The van der Waals surface area contributed by atoms with Gasteiger partial charge in [-0.25, -0.2) is 4.79 Å². The number of urea groups is 1. The Balaban J connectivity index is 2.01. The lowest BCUT2D eigenvalue weighted by Gasteiger charge is -2.21. The Hall–Kier alpha value is -2.28. The Labute approximate surface area is 129 Å². The van der Waals surface area contributed by atoms with Gasteiger partial charge in [0, 0.05) is 25.2 Å². The molecule has 0 spiro atoms. The van der Waals surface area contributed by atoms with Gasteiger partial charge in [0.1, 0.15) is 0 Å². The molecule has 7 heteroatoms. The van der Waals surface area contributed by atoms with Crippen LogP contribution in [0.1, 0.15) is 5.56 Å². The van der Waals surface area contributed by atoms with E-state index in [0.717, 1.165) is 5.56 Å². The lowest BCUT2D eigenvalue weighted by molar-refractivity contribution is -0.128. The molecule has 1 aromatic carbocycles. The molecule has 1 N–H and O–H groups in total. The van der Waals surface area contributed by atoms with Crippen LogP contribution in [0, 0.1) is 0 Å². The molecule has 1 fully saturated rings. The molecule has 1 saturated heterocycles. The second-order valence-corrected chi connectivity index (χ2v) is 5.10. The summed E-state index contributed by atoms with van der Waals surface area (Å²) >= 11 is 0. The second-order valence-electron chi connectivity index (χ2n) is 5.10. The van der Waals surface area contributed by atoms with Gasteiger partial charge in [0.25, 0.3) is 0 Å². The highest BCUT2D eigenvalue weighted by Crippen LogP contribution is 2.31. The summed E-state index contributed by atoms with van der Waals surface area (Å²) in [6, 6.07) is 5.30.